The van der Waals surface area contributed by atoms with E-state index in [9.17, 15) is 23.1 Å². The van der Waals surface area contributed by atoms with Gasteiger partial charge in [0.15, 0.2) is 0 Å². The summed E-state index contributed by atoms with van der Waals surface area (Å²) in [6.45, 7) is 1.88. The fourth-order valence-corrected chi connectivity index (χ4v) is 6.10. The number of aliphatic hydroxyl groups excluding tert-OH is 1. The Kier molecular flexibility index (Phi) is 6.84. The Labute approximate surface area is 223 Å². The van der Waals surface area contributed by atoms with Crippen molar-refractivity contribution in [3.05, 3.63) is 83.4 Å². The Morgan fingerprint density at radius 2 is 1.74 bits per heavy atom. The van der Waals surface area contributed by atoms with Crippen LogP contribution in [-0.4, -0.2) is 37.7 Å². The molecule has 2 fully saturated rings. The molecule has 2 aliphatic carbocycles. The Balaban J connectivity index is 0.00000151. The summed E-state index contributed by atoms with van der Waals surface area (Å²) >= 11 is 0. The number of carboxylic acid groups (broad SMARTS) is 1. The lowest BCUT2D eigenvalue weighted by molar-refractivity contribution is -0.139. The Hall–Kier alpha value is -3.92. The van der Waals surface area contributed by atoms with Crippen LogP contribution < -0.4 is 5.73 Å². The smallest absolute Gasteiger partial charge is 0.416 e. The molecule has 2 aromatic carbocycles. The van der Waals surface area contributed by atoms with Gasteiger partial charge in [0, 0.05) is 36.9 Å². The number of nitrogen functional groups attached to an aromatic ring is 1. The van der Waals surface area contributed by atoms with E-state index in [0.717, 1.165) is 43.0 Å². The Bertz CT molecular complexity index is 1500. The van der Waals surface area contributed by atoms with Gasteiger partial charge in [-0.05, 0) is 41.9 Å². The number of carbonyl (C=O) groups is 1. The summed E-state index contributed by atoms with van der Waals surface area (Å²) in [6, 6.07) is 13.0. The number of hydrogen-bond donors (Lipinski definition) is 3. The molecule has 0 bridgehead atoms. The molecule has 4 N–H and O–H groups in total. The second-order valence-electron chi connectivity index (χ2n) is 10.2. The highest BCUT2D eigenvalue weighted by atomic mass is 19.4. The summed E-state index contributed by atoms with van der Waals surface area (Å²) in [5.74, 6) is 0.581. The molecule has 0 saturated heterocycles. The number of imidazole rings is 1. The van der Waals surface area contributed by atoms with Crippen molar-refractivity contribution in [1.29, 1.82) is 0 Å². The summed E-state index contributed by atoms with van der Waals surface area (Å²) in [5.41, 5.74) is 9.30. The molecule has 39 heavy (non-hydrogen) atoms. The van der Waals surface area contributed by atoms with Gasteiger partial charge >= 0.3 is 12.1 Å². The highest BCUT2D eigenvalue weighted by molar-refractivity contribution is 5.85. The van der Waals surface area contributed by atoms with Crippen molar-refractivity contribution in [2.45, 2.75) is 37.8 Å². The predicted octanol–water partition coefficient (Wildman–Crippen LogP) is 5.58. The third-order valence-corrected chi connectivity index (χ3v) is 8.10. The van der Waals surface area contributed by atoms with Crippen LogP contribution in [-0.2, 0) is 11.0 Å². The molecule has 0 aliphatic heterocycles. The van der Waals surface area contributed by atoms with Crippen molar-refractivity contribution in [2.75, 3.05) is 12.8 Å². The molecule has 204 valence electrons. The number of alkyl halides is 3. The summed E-state index contributed by atoms with van der Waals surface area (Å²) in [6.07, 6.45) is 0.653. The predicted molar refractivity (Wildman–Crippen MR) is 140 cm³/mol. The first-order valence-corrected chi connectivity index (χ1v) is 12.7. The van der Waals surface area contributed by atoms with E-state index >= 15 is 0 Å². The monoisotopic (exact) mass is 538 g/mol. The number of nitrogens with two attached hydrogens (primary N) is 1. The van der Waals surface area contributed by atoms with Gasteiger partial charge in [-0.25, -0.2) is 9.97 Å². The van der Waals surface area contributed by atoms with E-state index in [1.165, 1.54) is 12.1 Å². The molecule has 2 unspecified atom stereocenters. The maximum Gasteiger partial charge on any atom is 0.416 e. The normalized spacial score (nSPS) is 22.6. The van der Waals surface area contributed by atoms with Crippen LogP contribution >= 0.6 is 0 Å². The number of hydrogen-bond acceptors (Lipinski definition) is 5. The van der Waals surface area contributed by atoms with Crippen molar-refractivity contribution in [3.63, 3.8) is 0 Å². The number of aliphatic carboxylic acids is 1. The largest absolute Gasteiger partial charge is 0.481 e. The molecule has 2 heterocycles. The highest BCUT2D eigenvalue weighted by Crippen LogP contribution is 2.62. The van der Waals surface area contributed by atoms with E-state index in [-0.39, 0.29) is 29.6 Å². The number of fused-ring (bicyclic) bond motifs is 2. The van der Waals surface area contributed by atoms with Crippen LogP contribution in [0.1, 0.15) is 54.1 Å². The first-order valence-electron chi connectivity index (χ1n) is 12.7. The van der Waals surface area contributed by atoms with Gasteiger partial charge in [0.05, 0.1) is 11.5 Å². The zero-order chi connectivity index (χ0) is 28.1. The molecule has 2 aliphatic rings. The van der Waals surface area contributed by atoms with Crippen molar-refractivity contribution < 1.29 is 28.2 Å². The van der Waals surface area contributed by atoms with Gasteiger partial charge in [-0.2, -0.15) is 13.2 Å². The van der Waals surface area contributed by atoms with Gasteiger partial charge < -0.3 is 15.9 Å². The van der Waals surface area contributed by atoms with E-state index in [4.69, 9.17) is 15.8 Å². The maximum absolute atomic E-state index is 13.2. The van der Waals surface area contributed by atoms with Crippen molar-refractivity contribution in [1.82, 2.24) is 14.4 Å². The summed E-state index contributed by atoms with van der Waals surface area (Å²) in [4.78, 5) is 20.6. The zero-order valence-electron chi connectivity index (χ0n) is 21.4. The molecular weight excluding hydrogens is 509 g/mol. The molecule has 5 atom stereocenters. The van der Waals surface area contributed by atoms with Gasteiger partial charge in [0.1, 0.15) is 22.9 Å². The average Bonchev–Trinajstić information content (AvgIpc) is 3.24. The molecule has 0 spiro atoms. The molecule has 7 nitrogen and oxygen atoms in total. The number of halogens is 3. The van der Waals surface area contributed by atoms with Crippen LogP contribution in [0.25, 0.3) is 16.8 Å². The van der Waals surface area contributed by atoms with Crippen LogP contribution in [0.4, 0.5) is 19.0 Å². The number of anilines is 1. The lowest BCUT2D eigenvalue weighted by Gasteiger charge is -2.15. The highest BCUT2D eigenvalue weighted by Gasteiger charge is 2.60. The van der Waals surface area contributed by atoms with Crippen molar-refractivity contribution in [3.8, 4) is 11.3 Å². The third kappa shape index (κ3) is 4.73. The molecule has 0 amide bonds. The van der Waals surface area contributed by atoms with E-state index in [0.29, 0.717) is 22.6 Å². The molecule has 6 rings (SSSR count). The SMILES string of the molecule is CO.C[C@@H](c1ccc(-c2nc(C3C[C@@H]4C(C(=O)O)[C@@H]4C3)n3ccnc(N)c23)cc1)c1cccc(C(F)(F)F)c1. The molecule has 0 radical (unpaired) electrons. The molecule has 4 aromatic rings. The second kappa shape index (κ2) is 10.00. The molecule has 2 aromatic heterocycles. The first kappa shape index (κ1) is 26.7. The average molecular weight is 539 g/mol. The van der Waals surface area contributed by atoms with Gasteiger partial charge in [0.25, 0.3) is 0 Å². The lowest BCUT2D eigenvalue weighted by atomic mass is 9.91. The number of benzene rings is 2. The van der Waals surface area contributed by atoms with E-state index < -0.39 is 17.7 Å². The van der Waals surface area contributed by atoms with Crippen LogP contribution in [0, 0.1) is 17.8 Å². The van der Waals surface area contributed by atoms with Crippen LogP contribution in [0.5, 0.6) is 0 Å². The van der Waals surface area contributed by atoms with Crippen molar-refractivity contribution >= 4 is 17.3 Å². The number of aliphatic hydroxyl groups is 1. The second-order valence-corrected chi connectivity index (χ2v) is 10.2. The summed E-state index contributed by atoms with van der Waals surface area (Å²) in [7, 11) is 1.00. The van der Waals surface area contributed by atoms with Gasteiger partial charge in [-0.1, -0.05) is 49.4 Å². The van der Waals surface area contributed by atoms with Crippen LogP contribution in [0.2, 0.25) is 0 Å². The Morgan fingerprint density at radius 3 is 2.36 bits per heavy atom. The molecular formula is C29H29F3N4O3. The maximum atomic E-state index is 13.2. The minimum absolute atomic E-state index is 0.147. The summed E-state index contributed by atoms with van der Waals surface area (Å²) in [5, 5.41) is 16.4. The summed E-state index contributed by atoms with van der Waals surface area (Å²) < 4.78 is 41.5. The number of carboxylic acids is 1. The fourth-order valence-electron chi connectivity index (χ4n) is 6.10. The quantitative estimate of drug-likeness (QED) is 0.306. The zero-order valence-corrected chi connectivity index (χ0v) is 21.4. The minimum Gasteiger partial charge on any atom is -0.481 e. The van der Waals surface area contributed by atoms with Crippen molar-refractivity contribution in [2.24, 2.45) is 17.8 Å². The van der Waals surface area contributed by atoms with Crippen LogP contribution in [0.15, 0.2) is 60.9 Å². The number of aromatic nitrogens is 3. The first-order chi connectivity index (χ1) is 18.6. The third-order valence-electron chi connectivity index (χ3n) is 8.10. The Morgan fingerprint density at radius 1 is 1.08 bits per heavy atom. The standard InChI is InChI=1S/C28H25F3N4O2.CH4O/c1-14(17-3-2-4-19(11-17)28(29,30)31)15-5-7-16(8-6-15)23-24-25(32)33-9-10-35(24)26(34-23)18-12-20-21(13-18)22(20)27(36)37;1-2/h2-11,14,18,20-22H,12-13H2,1H3,(H2,32,33)(H,36,37);2H,1H3/t14-,18?,20-,21+,22?;/m0./s1. The topological polar surface area (TPSA) is 114 Å². The van der Waals surface area contributed by atoms with Crippen LogP contribution in [0.3, 0.4) is 0 Å². The molecule has 10 heteroatoms. The number of rotatable bonds is 5. The van der Waals surface area contributed by atoms with E-state index in [1.54, 1.807) is 12.3 Å². The van der Waals surface area contributed by atoms with Gasteiger partial charge in [-0.15, -0.1) is 0 Å². The minimum atomic E-state index is -4.39. The number of nitrogens with zero attached hydrogens (tertiary/aromatic N) is 3. The van der Waals surface area contributed by atoms with E-state index in [1.807, 2.05) is 41.8 Å². The van der Waals surface area contributed by atoms with E-state index in [2.05, 4.69) is 4.98 Å². The van der Waals surface area contributed by atoms with Gasteiger partial charge in [0.2, 0.25) is 0 Å². The molecule has 2 saturated carbocycles. The van der Waals surface area contributed by atoms with Gasteiger partial charge in [-0.3, -0.25) is 9.20 Å². The fraction of sp³-hybridized carbons (Fsp3) is 0.345. The lowest BCUT2D eigenvalue weighted by Crippen LogP contribution is -2.09.